The number of nitrogens with one attached hydrogen (secondary N) is 13. The summed E-state index contributed by atoms with van der Waals surface area (Å²) in [7, 11) is 0. The normalized spacial score (nSPS) is 11.5. The molecule has 0 aliphatic carbocycles. The molecule has 15 nitrogen and oxygen atoms in total. The lowest BCUT2D eigenvalue weighted by atomic mass is 10.1. The van der Waals surface area contributed by atoms with E-state index in [9.17, 15) is 0 Å². The standard InChI is InChI=1S/3C11H25N.3C10H23N.2C9H21NO.2C9H21NS.2C9H21N.C8H19N/c1-10(2)6-5-8-12-9-7-11(3)4;1-10(2)7-5-6-8-12-9-11(3)4;1-10(2)8-6-5-7-9-12-11(3)4;1-9(2)5-7-11-8-6-10(3)4;1-9(2)6-5-7-11-8-10(3)4;1-9(2)7-5-6-8-11-10(3)4;1-8(2)7-11-6-5-10-9(3)4;1-8(2)7-10-5-6-11-9(3)4;1-8(2)7-11-6-5-10-9(3)4;1-8(2)7-10-5-6-11-9(3)4;1-8(2)5-6-10-7-9(3)4;1-8(2)6-5-7-10-9(3)4;1-7(2)5-9-6-8(3)4/h3*10-12H,5-9H2,1-4H3;3*9-11H,5-8H2,1-4H3;4*8-10H,5-7H2,1-4H3;2*8-10H,5-7H2,1-4H3;7-9H,5-6H2,1-4H3. The maximum absolute atomic E-state index is 5.38. The van der Waals surface area contributed by atoms with Gasteiger partial charge in [0.2, 0.25) is 0 Å². The fraction of sp³-hybridized carbons (Fsp3) is 1.00. The fourth-order valence-corrected chi connectivity index (χ4v) is 13.6. The van der Waals surface area contributed by atoms with Crippen LogP contribution < -0.4 is 69.1 Å². The van der Waals surface area contributed by atoms with Crippen molar-refractivity contribution in [2.45, 2.75) is 530 Å². The van der Waals surface area contributed by atoms with Crippen molar-refractivity contribution in [3.63, 3.8) is 0 Å². The molecule has 0 aromatic carbocycles. The van der Waals surface area contributed by atoms with Crippen molar-refractivity contribution < 1.29 is 9.47 Å². The monoisotopic (exact) mass is 2070 g/mol. The van der Waals surface area contributed by atoms with Crippen LogP contribution >= 0.6 is 23.5 Å². The van der Waals surface area contributed by atoms with Gasteiger partial charge in [-0.3, -0.25) is 0 Å². The summed E-state index contributed by atoms with van der Waals surface area (Å²) in [5.41, 5.74) is 0. The highest BCUT2D eigenvalue weighted by Crippen LogP contribution is 2.13. The Bertz CT molecular complexity index is 1640. The van der Waals surface area contributed by atoms with Gasteiger partial charge >= 0.3 is 0 Å². The van der Waals surface area contributed by atoms with Crippen molar-refractivity contribution in [2.75, 3.05) is 175 Å². The minimum absolute atomic E-state index is 0.357. The first kappa shape index (κ1) is 170. The minimum atomic E-state index is 0.357. The van der Waals surface area contributed by atoms with Crippen LogP contribution in [-0.2, 0) is 9.47 Å². The molecular formula is C125H289N13O2S2. The summed E-state index contributed by atoms with van der Waals surface area (Å²) in [4.78, 5) is 0. The molecule has 0 saturated heterocycles. The summed E-state index contributed by atoms with van der Waals surface area (Å²) in [6, 6.07) is 3.14. The average Bonchev–Trinajstić information content (AvgIpc) is 1.14. The van der Waals surface area contributed by atoms with Crippen LogP contribution in [0.4, 0.5) is 0 Å². The van der Waals surface area contributed by atoms with Gasteiger partial charge in [-0.05, 0) is 332 Å². The zero-order valence-corrected chi connectivity index (χ0v) is 110. The molecule has 0 saturated carbocycles. The summed E-state index contributed by atoms with van der Waals surface area (Å²) < 4.78 is 10.7. The predicted octanol–water partition coefficient (Wildman–Crippen LogP) is 32.1. The third kappa shape index (κ3) is 255. The van der Waals surface area contributed by atoms with Gasteiger partial charge in [0.15, 0.2) is 0 Å². The van der Waals surface area contributed by atoms with Crippen LogP contribution in [0.1, 0.15) is 488 Å². The van der Waals surface area contributed by atoms with Crippen molar-refractivity contribution in [3.05, 3.63) is 0 Å². The molecule has 0 aromatic heterocycles. The molecule has 0 aliphatic heterocycles. The van der Waals surface area contributed by atoms with E-state index in [1.165, 1.54) is 218 Å². The minimum Gasteiger partial charge on any atom is -0.380 e. The second kappa shape index (κ2) is 137. The third-order valence-electron chi connectivity index (χ3n) is 20.4. The molecule has 0 bridgehead atoms. The van der Waals surface area contributed by atoms with E-state index >= 15 is 0 Å². The van der Waals surface area contributed by atoms with Gasteiger partial charge in [-0.25, -0.2) is 0 Å². The summed E-state index contributed by atoms with van der Waals surface area (Å²) in [6.45, 7) is 143. The SMILES string of the molecule is CC(C)CCCCCNC(C)C.CC(C)CCCCNC(C)C.CC(C)CCCCNCC(C)C.CC(C)CCCNC(C)C.CC(C)CCCNCC(C)C.CC(C)CCCNCCC(C)C.CC(C)CCNCC(C)C.CC(C)CCNCCC(C)C.CC(C)CNCC(C)C.CC(C)CNCCOC(C)C.CC(C)CNCCSC(C)C.CC(C)COCCNC(C)C.CC(C)CSCCNC(C)C. The number of thioether (sulfide) groups is 2. The Morgan fingerprint density at radius 2 is 0.423 bits per heavy atom. The van der Waals surface area contributed by atoms with Gasteiger partial charge in [-0.15, -0.1) is 0 Å². The molecule has 17 heteroatoms. The first-order valence-electron chi connectivity index (χ1n) is 60.9. The number of unbranched alkanes of at least 4 members (excludes halogenated alkanes) is 4. The molecule has 0 amide bonds. The van der Waals surface area contributed by atoms with Gasteiger partial charge in [0.1, 0.15) is 0 Å². The Hall–Kier alpha value is 0.100. The van der Waals surface area contributed by atoms with Gasteiger partial charge in [0.25, 0.3) is 0 Å². The average molecular weight is 2070 g/mol. The fourth-order valence-electron chi connectivity index (χ4n) is 11.9. The van der Waals surface area contributed by atoms with Crippen molar-refractivity contribution in [3.8, 4) is 0 Å². The second-order valence-electron chi connectivity index (χ2n) is 50.6. The molecule has 878 valence electrons. The van der Waals surface area contributed by atoms with Crippen LogP contribution in [0.3, 0.4) is 0 Å². The van der Waals surface area contributed by atoms with Crippen molar-refractivity contribution >= 4 is 23.5 Å². The molecule has 0 radical (unpaired) electrons. The van der Waals surface area contributed by atoms with E-state index in [1.54, 1.807) is 0 Å². The lowest BCUT2D eigenvalue weighted by Crippen LogP contribution is -2.27. The maximum Gasteiger partial charge on any atom is 0.0594 e. The van der Waals surface area contributed by atoms with Gasteiger partial charge in [-0.2, -0.15) is 23.5 Å². The molecule has 0 aliphatic rings. The van der Waals surface area contributed by atoms with Crippen LogP contribution in [0.2, 0.25) is 0 Å². The molecule has 0 unspecified atom stereocenters. The number of hydrogen-bond acceptors (Lipinski definition) is 17. The Balaban J connectivity index is -0.000000115. The number of rotatable bonds is 77. The van der Waals surface area contributed by atoms with Crippen LogP contribution in [0.25, 0.3) is 0 Å². The Morgan fingerprint density at radius 1 is 0.176 bits per heavy atom. The zero-order chi connectivity index (χ0) is 112. The van der Waals surface area contributed by atoms with Crippen molar-refractivity contribution in [2.24, 2.45) is 112 Å². The van der Waals surface area contributed by atoms with Gasteiger partial charge in [0.05, 0.1) is 19.3 Å². The van der Waals surface area contributed by atoms with Crippen molar-refractivity contribution in [1.29, 1.82) is 0 Å². The van der Waals surface area contributed by atoms with Gasteiger partial charge < -0.3 is 78.6 Å². The van der Waals surface area contributed by atoms with Crippen LogP contribution in [-0.4, -0.2) is 216 Å². The first-order chi connectivity index (χ1) is 66.1. The van der Waals surface area contributed by atoms with E-state index in [0.29, 0.717) is 42.2 Å². The lowest BCUT2D eigenvalue weighted by Gasteiger charge is -2.09. The molecular weight excluding hydrogens is 1780 g/mol. The maximum atomic E-state index is 5.38. The smallest absolute Gasteiger partial charge is 0.0594 e. The summed E-state index contributed by atoms with van der Waals surface area (Å²) >= 11 is 4.06. The quantitative estimate of drug-likeness (QED) is 0.0259. The highest BCUT2D eigenvalue weighted by molar-refractivity contribution is 7.99. The molecule has 13 N–H and O–H groups in total. The van der Waals surface area contributed by atoms with Crippen LogP contribution in [0, 0.1) is 112 Å². The molecule has 0 atom stereocenters. The first-order valence-corrected chi connectivity index (χ1v) is 63.1. The van der Waals surface area contributed by atoms with Gasteiger partial charge in [0, 0.05) is 74.5 Å². The van der Waals surface area contributed by atoms with Crippen molar-refractivity contribution in [1.82, 2.24) is 69.1 Å². The topological polar surface area (TPSA) is 175 Å². The molecule has 0 fully saturated rings. The van der Waals surface area contributed by atoms with E-state index in [2.05, 4.69) is 429 Å². The molecule has 0 spiro atoms. The van der Waals surface area contributed by atoms with Crippen LogP contribution in [0.5, 0.6) is 0 Å². The summed E-state index contributed by atoms with van der Waals surface area (Å²) in [6.07, 6.45) is 27.3. The predicted molar refractivity (Wildman–Crippen MR) is 670 cm³/mol. The molecule has 0 rings (SSSR count). The summed E-state index contributed by atoms with van der Waals surface area (Å²) in [5.74, 6) is 19.2. The summed E-state index contributed by atoms with van der Waals surface area (Å²) in [5, 5.41) is 45.1. The lowest BCUT2D eigenvalue weighted by molar-refractivity contribution is 0.0805. The highest BCUT2D eigenvalue weighted by Gasteiger charge is 2.06. The number of hydrogen-bond donors (Lipinski definition) is 13. The zero-order valence-electron chi connectivity index (χ0n) is 108. The highest BCUT2D eigenvalue weighted by atomic mass is 32.2. The molecule has 0 heterocycles. The van der Waals surface area contributed by atoms with E-state index < -0.39 is 0 Å². The molecule has 142 heavy (non-hydrogen) atoms. The van der Waals surface area contributed by atoms with E-state index in [1.807, 2.05) is 23.5 Å². The Labute approximate surface area is 913 Å². The van der Waals surface area contributed by atoms with E-state index in [4.69, 9.17) is 9.47 Å². The third-order valence-corrected chi connectivity index (χ3v) is 22.9. The van der Waals surface area contributed by atoms with Gasteiger partial charge in [-0.1, -0.05) is 391 Å². The second-order valence-corrected chi connectivity index (χ2v) is 53.5. The number of ether oxygens (including phenoxy) is 2. The molecule has 0 aromatic rings. The van der Waals surface area contributed by atoms with E-state index in [-0.39, 0.29) is 0 Å². The largest absolute Gasteiger partial charge is 0.380 e. The Morgan fingerprint density at radius 3 is 0.732 bits per heavy atom. The van der Waals surface area contributed by atoms with E-state index in [0.717, 1.165) is 197 Å². The van der Waals surface area contributed by atoms with Crippen LogP contribution in [0.15, 0.2) is 0 Å². The Kier molecular flexibility index (Phi) is 164.